The zero-order valence-corrected chi connectivity index (χ0v) is 74.6. The predicted molar refractivity (Wildman–Crippen MR) is 428 cm³/mol. The topological polar surface area (TPSA) is 0 Å². The molecule has 0 aliphatic heterocycles. The molecule has 490 valence electrons. The monoisotopic (exact) mass is 1360 g/mol. The predicted octanol–water partition coefficient (Wildman–Crippen LogP) is 26.8. The van der Waals surface area contributed by atoms with E-state index in [1.54, 1.807) is 55.5 Å². The van der Waals surface area contributed by atoms with Crippen LogP contribution in [0.4, 0.5) is 0 Å². The number of unbranched alkanes of at least 4 members (excludes halogenated alkanes) is 19. The van der Waals surface area contributed by atoms with Crippen LogP contribution in [0.2, 0.25) is 146 Å². The van der Waals surface area contributed by atoms with E-state index in [4.69, 9.17) is 0 Å². The summed E-state index contributed by atoms with van der Waals surface area (Å²) in [5.74, 6) is 0. The number of hydrogen-bond acceptors (Lipinski definition) is 2. The molecule has 82 heavy (non-hydrogen) atoms. The van der Waals surface area contributed by atoms with Crippen LogP contribution in [0.3, 0.4) is 0 Å². The Morgan fingerprint density at radius 3 is 0.720 bits per heavy atom. The minimum Gasteiger partial charge on any atom is -0.346 e. The average Bonchev–Trinajstić information content (AvgIpc) is 3.42. The van der Waals surface area contributed by atoms with Crippen molar-refractivity contribution in [3.63, 3.8) is 0 Å². The van der Waals surface area contributed by atoms with Crippen LogP contribution < -0.4 is 0 Å². The normalized spacial score (nSPS) is 9.07. The molecule has 0 rings (SSSR count). The smallest absolute Gasteiger partial charge is 0.346 e. The molecule has 0 aliphatic carbocycles. The van der Waals surface area contributed by atoms with Gasteiger partial charge in [0.05, 0.1) is 0 Å². The van der Waals surface area contributed by atoms with Crippen LogP contribution in [0.25, 0.3) is 0 Å². The van der Waals surface area contributed by atoms with E-state index in [1.165, 1.54) is 210 Å². The van der Waals surface area contributed by atoms with Gasteiger partial charge in [-0.15, -0.1) is 6.58 Å². The van der Waals surface area contributed by atoms with Gasteiger partial charge in [0.15, 0.2) is 0 Å². The van der Waals surface area contributed by atoms with Crippen molar-refractivity contribution in [1.82, 2.24) is 0 Å². The summed E-state index contributed by atoms with van der Waals surface area (Å²) >= 11 is 3.50. The molecule has 0 nitrogen and oxygen atoms in total. The number of thioether (sulfide) groups is 2. The van der Waals surface area contributed by atoms with Crippen molar-refractivity contribution in [2.24, 2.45) is 0 Å². The Hall–Kier alpha value is 2.88. The maximum atomic E-state index is 3.84. The Morgan fingerprint density at radius 1 is 0.366 bits per heavy atom. The molecule has 0 aliphatic rings. The Morgan fingerprint density at radius 2 is 0.561 bits per heavy atom. The summed E-state index contributed by atoms with van der Waals surface area (Å²) in [4.78, 5) is 0. The summed E-state index contributed by atoms with van der Waals surface area (Å²) in [5, 5.41) is 0. The first kappa shape index (κ1) is 122. The summed E-state index contributed by atoms with van der Waals surface area (Å²) in [7, 11) is 1.26. The van der Waals surface area contributed by atoms with Crippen LogP contribution in [-0.4, -0.2) is 96.0 Å². The number of hydrogen-bond donors (Lipinski definition) is 0. The largest absolute Gasteiger partial charge is 2.00 e. The van der Waals surface area contributed by atoms with Gasteiger partial charge in [-0.05, 0) is 37.9 Å². The fraction of sp³-hybridized carbons (Fsp3) is 0.913. The molecule has 0 bridgehead atoms. The van der Waals surface area contributed by atoms with Crippen LogP contribution in [0.1, 0.15) is 238 Å². The van der Waals surface area contributed by atoms with Gasteiger partial charge in [-0.2, -0.15) is 50.2 Å². The molecule has 4 radical (unpaired) electrons. The SMILES string of the molecule is C.C=CCCCCCC[SiH](C)C.CCB(CC)CC.CCB(CC)CC.CCB(CC)CCCCCCCC[SiH](C)C.CC[B]CC.CSC.CSC.[B].[CH2-]C.[CH2-]C.[CH2-]CCCCCCC[SiH](C)C.[CH2-]CCCCCCC[SiH](C)C.[Zn+2].[Zn+2]. The molecule has 0 unspecified atom stereocenters. The van der Waals surface area contributed by atoms with E-state index in [-0.39, 0.29) is 90.0 Å². The van der Waals surface area contributed by atoms with Crippen molar-refractivity contribution >= 4 is 94.5 Å². The molecule has 0 amide bonds. The van der Waals surface area contributed by atoms with Crippen LogP contribution in [-0.2, 0) is 39.0 Å². The molecule has 0 atom stereocenters. The van der Waals surface area contributed by atoms with Crippen LogP contribution in [0, 0.1) is 27.7 Å². The Kier molecular flexibility index (Phi) is 198. The van der Waals surface area contributed by atoms with E-state index in [2.05, 4.69) is 163 Å². The minimum absolute atomic E-state index is 0. The first-order chi connectivity index (χ1) is 37.4. The maximum Gasteiger partial charge on any atom is 2.00 e. The van der Waals surface area contributed by atoms with Gasteiger partial charge in [0, 0.05) is 43.6 Å². The molecule has 0 N–H and O–H groups in total. The van der Waals surface area contributed by atoms with Gasteiger partial charge in [-0.25, -0.2) is 0 Å². The summed E-state index contributed by atoms with van der Waals surface area (Å²) < 4.78 is 0. The zero-order chi connectivity index (χ0) is 62.7. The Bertz CT molecular complexity index is 790. The fourth-order valence-electron chi connectivity index (χ4n) is 8.12. The van der Waals surface area contributed by atoms with E-state index < -0.39 is 0 Å². The standard InChI is InChI=1S/C14H33BSi.2C10H23Si.C10H22Si.2C6H15B.C4H10B.2C2H6S.2C2H5.CH4.B.2Zn/c1-5-15(6-2)13-11-9-7-8-10-12-14-16(3)4;3*1-4-5-6-7-8-9-10-11(2)3;2*1-4-7(5-2)6-3;1-3-5-4-2;2*1-3-2;2*1-2;;;;/h16H,5-14H2,1-4H3;2*11H,1,4-10H2,2-3H3;4,11H,1,5-10H2,2-3H3;2*4-6H2,1-3H3;3-4H2,1-2H3;2*1-2H3;2*1H2,2H3;1H4;;;/q;2*-1;;;;;;;2*-1;;;2*+2. The molecule has 0 saturated heterocycles. The Balaban J connectivity index is -0.0000000483. The van der Waals surface area contributed by atoms with Crippen molar-refractivity contribution in [2.45, 2.75) is 384 Å². The molecule has 13 heteroatoms. The molecule has 0 aromatic heterocycles. The van der Waals surface area contributed by atoms with E-state index in [9.17, 15) is 0 Å². The molecule has 0 spiro atoms. The molecule has 0 aromatic carbocycles. The quantitative estimate of drug-likeness (QED) is 0.0260. The third-order valence-electron chi connectivity index (χ3n) is 13.8. The van der Waals surface area contributed by atoms with Gasteiger partial charge < -0.3 is 27.7 Å². The summed E-state index contributed by atoms with van der Waals surface area (Å²) in [6.45, 7) is 66.5. The second kappa shape index (κ2) is 133. The molecular formula is C69H167B5S2Si4Zn2. The van der Waals surface area contributed by atoms with Crippen molar-refractivity contribution < 1.29 is 39.0 Å². The molecule has 0 fully saturated rings. The van der Waals surface area contributed by atoms with E-state index >= 15 is 0 Å². The van der Waals surface area contributed by atoms with Gasteiger partial charge in [0.1, 0.15) is 27.4 Å². The van der Waals surface area contributed by atoms with Crippen molar-refractivity contribution in [3.8, 4) is 0 Å². The zero-order valence-electron chi connectivity index (χ0n) is 62.4. The number of allylic oxidation sites excluding steroid dienone is 1. The molecule has 0 saturated carbocycles. The first-order valence-corrected chi connectivity index (χ1v) is 50.4. The third-order valence-corrected chi connectivity index (χ3v) is 20.1. The number of rotatable bonds is 40. The fourth-order valence-corrected chi connectivity index (χ4v) is 12.5. The molecule has 0 aromatic rings. The maximum absolute atomic E-state index is 3.84. The third kappa shape index (κ3) is 178. The minimum atomic E-state index is -0.258. The van der Waals surface area contributed by atoms with Gasteiger partial charge in [-0.1, -0.05) is 351 Å². The van der Waals surface area contributed by atoms with Crippen molar-refractivity contribution in [3.05, 3.63) is 40.3 Å². The van der Waals surface area contributed by atoms with Gasteiger partial charge in [0.25, 0.3) is 0 Å². The van der Waals surface area contributed by atoms with Gasteiger partial charge in [-0.3, -0.25) is 0 Å². The van der Waals surface area contributed by atoms with Gasteiger partial charge in [0.2, 0.25) is 0 Å². The summed E-state index contributed by atoms with van der Waals surface area (Å²) in [6, 6.07) is 6.19. The van der Waals surface area contributed by atoms with Gasteiger partial charge >= 0.3 is 39.0 Å². The summed E-state index contributed by atoms with van der Waals surface area (Å²) in [6.07, 6.45) is 57.3. The van der Waals surface area contributed by atoms with Crippen LogP contribution in [0.5, 0.6) is 0 Å². The van der Waals surface area contributed by atoms with E-state index in [0.717, 1.165) is 33.0 Å². The average molecular weight is 1360 g/mol. The molecule has 0 heterocycles. The Labute approximate surface area is 578 Å². The molecular weight excluding hydrogens is 1190 g/mol. The first-order valence-electron chi connectivity index (χ1n) is 34.7. The van der Waals surface area contributed by atoms with Crippen LogP contribution in [0.15, 0.2) is 12.7 Å². The van der Waals surface area contributed by atoms with E-state index in [1.807, 2.05) is 31.1 Å². The second-order valence-corrected chi connectivity index (χ2v) is 38.3. The van der Waals surface area contributed by atoms with Crippen LogP contribution >= 0.6 is 23.5 Å². The summed E-state index contributed by atoms with van der Waals surface area (Å²) in [5.41, 5.74) is 0. The van der Waals surface area contributed by atoms with Crippen molar-refractivity contribution in [1.29, 1.82) is 0 Å². The van der Waals surface area contributed by atoms with Crippen molar-refractivity contribution in [2.75, 3.05) is 25.0 Å². The van der Waals surface area contributed by atoms with E-state index in [0.29, 0.717) is 0 Å². The second-order valence-electron chi connectivity index (χ2n) is 23.2.